The topological polar surface area (TPSA) is 80.3 Å². The summed E-state index contributed by atoms with van der Waals surface area (Å²) >= 11 is 1.41. The molecule has 1 aromatic carbocycles. The highest BCUT2D eigenvalue weighted by atomic mass is 32.1. The van der Waals surface area contributed by atoms with Gasteiger partial charge in [0.1, 0.15) is 5.75 Å². The Balaban J connectivity index is 2.16. The molecule has 1 atom stereocenters. The van der Waals surface area contributed by atoms with Crippen LogP contribution >= 0.6 is 11.3 Å². The summed E-state index contributed by atoms with van der Waals surface area (Å²) in [6.07, 6.45) is 1.80. The van der Waals surface area contributed by atoms with Crippen molar-refractivity contribution in [3.05, 3.63) is 40.9 Å². The number of carbonyl (C=O) groups excluding carboxylic acids is 2. The molecule has 0 aliphatic carbocycles. The van der Waals surface area contributed by atoms with Gasteiger partial charge >= 0.3 is 0 Å². The number of carbonyl (C=O) groups is 2. The number of rotatable bonds is 7. The van der Waals surface area contributed by atoms with Gasteiger partial charge in [-0.2, -0.15) is 0 Å². The Kier molecular flexibility index (Phi) is 6.31. The van der Waals surface area contributed by atoms with E-state index in [1.807, 2.05) is 38.1 Å². The highest BCUT2D eigenvalue weighted by Gasteiger charge is 2.21. The fourth-order valence-corrected chi connectivity index (χ4v) is 2.99. The minimum absolute atomic E-state index is 0.0995. The van der Waals surface area contributed by atoms with Crippen molar-refractivity contribution in [2.24, 2.45) is 0 Å². The number of nitrogens with one attached hydrogen (secondary N) is 2. The predicted octanol–water partition coefficient (Wildman–Crippen LogP) is 3.06. The van der Waals surface area contributed by atoms with Crippen molar-refractivity contribution in [1.82, 2.24) is 10.3 Å². The summed E-state index contributed by atoms with van der Waals surface area (Å²) in [5.74, 6) is 0.246. The quantitative estimate of drug-likeness (QED) is 0.807. The van der Waals surface area contributed by atoms with Crippen LogP contribution in [0.4, 0.5) is 5.13 Å². The third-order valence-electron chi connectivity index (χ3n) is 3.23. The van der Waals surface area contributed by atoms with E-state index in [1.165, 1.54) is 18.3 Å². The Hall–Kier alpha value is -2.41. The monoisotopic (exact) mass is 347 g/mol. The van der Waals surface area contributed by atoms with Crippen LogP contribution in [-0.2, 0) is 9.59 Å². The first-order valence-corrected chi connectivity index (χ1v) is 8.52. The number of amides is 2. The van der Waals surface area contributed by atoms with Crippen LogP contribution in [0.15, 0.2) is 30.5 Å². The number of aromatic nitrogens is 1. The number of hydrogen-bond donors (Lipinski definition) is 2. The van der Waals surface area contributed by atoms with Gasteiger partial charge in [-0.05, 0) is 19.9 Å². The van der Waals surface area contributed by atoms with E-state index in [9.17, 15) is 9.59 Å². The fraction of sp³-hybridized carbons (Fsp3) is 0.353. The smallest absolute Gasteiger partial charge is 0.228 e. The number of ether oxygens (including phenoxy) is 1. The van der Waals surface area contributed by atoms with E-state index >= 15 is 0 Å². The average molecular weight is 347 g/mol. The van der Waals surface area contributed by atoms with Crippen LogP contribution in [0, 0.1) is 6.92 Å². The van der Waals surface area contributed by atoms with Crippen LogP contribution in [0.2, 0.25) is 0 Å². The molecule has 1 aromatic heterocycles. The van der Waals surface area contributed by atoms with Gasteiger partial charge in [-0.3, -0.25) is 9.59 Å². The summed E-state index contributed by atoms with van der Waals surface area (Å²) in [5, 5.41) is 6.14. The second-order valence-electron chi connectivity index (χ2n) is 5.25. The van der Waals surface area contributed by atoms with Gasteiger partial charge in [-0.15, -0.1) is 11.3 Å². The van der Waals surface area contributed by atoms with Gasteiger partial charge in [-0.25, -0.2) is 4.98 Å². The highest BCUT2D eigenvalue weighted by molar-refractivity contribution is 7.15. The standard InChI is InChI=1S/C17H21N3O3S/c1-4-23-15-8-6-5-7-13(15)14(19-12(3)21)9-16(22)20-17-18-10-11(2)24-17/h5-8,10,14H,4,9H2,1-3H3,(H,19,21)(H,18,20,22). The third-order valence-corrected chi connectivity index (χ3v) is 4.06. The Morgan fingerprint density at radius 2 is 2.08 bits per heavy atom. The molecule has 2 N–H and O–H groups in total. The van der Waals surface area contributed by atoms with Crippen molar-refractivity contribution < 1.29 is 14.3 Å². The number of thiazole rings is 1. The minimum Gasteiger partial charge on any atom is -0.494 e. The van der Waals surface area contributed by atoms with E-state index in [2.05, 4.69) is 15.6 Å². The lowest BCUT2D eigenvalue weighted by atomic mass is 10.0. The highest BCUT2D eigenvalue weighted by Crippen LogP contribution is 2.28. The van der Waals surface area contributed by atoms with Gasteiger partial charge in [0.15, 0.2) is 5.13 Å². The second kappa shape index (κ2) is 8.44. The molecule has 0 aliphatic rings. The lowest BCUT2D eigenvalue weighted by Gasteiger charge is -2.20. The van der Waals surface area contributed by atoms with Crippen LogP contribution in [0.25, 0.3) is 0 Å². The molecular formula is C17H21N3O3S. The maximum atomic E-state index is 12.3. The van der Waals surface area contributed by atoms with Crippen LogP contribution in [0.1, 0.15) is 36.8 Å². The number of aryl methyl sites for hydroxylation is 1. The molecular weight excluding hydrogens is 326 g/mol. The van der Waals surface area contributed by atoms with Gasteiger partial charge in [0.05, 0.1) is 19.1 Å². The van der Waals surface area contributed by atoms with E-state index in [-0.39, 0.29) is 18.2 Å². The third kappa shape index (κ3) is 5.06. The zero-order valence-corrected chi connectivity index (χ0v) is 14.8. The van der Waals surface area contributed by atoms with Crippen molar-refractivity contribution >= 4 is 28.3 Å². The molecule has 7 heteroatoms. The molecule has 1 unspecified atom stereocenters. The molecule has 0 bridgehead atoms. The first-order valence-electron chi connectivity index (χ1n) is 7.70. The Morgan fingerprint density at radius 3 is 2.71 bits per heavy atom. The molecule has 2 amide bonds. The largest absolute Gasteiger partial charge is 0.494 e. The molecule has 0 aliphatic heterocycles. The van der Waals surface area contributed by atoms with Crippen LogP contribution < -0.4 is 15.4 Å². The van der Waals surface area contributed by atoms with Gasteiger partial charge in [0.2, 0.25) is 11.8 Å². The Morgan fingerprint density at radius 1 is 1.33 bits per heavy atom. The molecule has 128 valence electrons. The molecule has 24 heavy (non-hydrogen) atoms. The van der Waals surface area contributed by atoms with Gasteiger partial charge in [0, 0.05) is 23.6 Å². The fourth-order valence-electron chi connectivity index (χ4n) is 2.31. The molecule has 0 fully saturated rings. The van der Waals surface area contributed by atoms with Crippen molar-refractivity contribution in [3.8, 4) is 5.75 Å². The maximum absolute atomic E-state index is 12.3. The second-order valence-corrected chi connectivity index (χ2v) is 6.49. The predicted molar refractivity (Wildman–Crippen MR) is 94.3 cm³/mol. The summed E-state index contributed by atoms with van der Waals surface area (Å²) in [4.78, 5) is 29.0. The van der Waals surface area contributed by atoms with Gasteiger partial charge < -0.3 is 15.4 Å². The van der Waals surface area contributed by atoms with E-state index < -0.39 is 6.04 Å². The first-order chi connectivity index (χ1) is 11.5. The zero-order chi connectivity index (χ0) is 17.5. The molecule has 0 spiro atoms. The summed E-state index contributed by atoms with van der Waals surface area (Å²) in [7, 11) is 0. The molecule has 6 nitrogen and oxygen atoms in total. The molecule has 2 rings (SSSR count). The molecule has 1 heterocycles. The maximum Gasteiger partial charge on any atom is 0.228 e. The van der Waals surface area contributed by atoms with Gasteiger partial charge in [-0.1, -0.05) is 18.2 Å². The Bertz CT molecular complexity index is 715. The lowest BCUT2D eigenvalue weighted by Crippen LogP contribution is -2.30. The molecule has 0 radical (unpaired) electrons. The first kappa shape index (κ1) is 17.9. The lowest BCUT2D eigenvalue weighted by molar-refractivity contribution is -0.120. The van der Waals surface area contributed by atoms with Crippen molar-refractivity contribution in [2.45, 2.75) is 33.2 Å². The van der Waals surface area contributed by atoms with Crippen molar-refractivity contribution in [2.75, 3.05) is 11.9 Å². The van der Waals surface area contributed by atoms with E-state index in [1.54, 1.807) is 6.20 Å². The van der Waals surface area contributed by atoms with Crippen LogP contribution in [0.3, 0.4) is 0 Å². The van der Waals surface area contributed by atoms with Crippen LogP contribution in [0.5, 0.6) is 5.75 Å². The van der Waals surface area contributed by atoms with E-state index in [0.29, 0.717) is 17.5 Å². The van der Waals surface area contributed by atoms with Crippen molar-refractivity contribution in [1.29, 1.82) is 0 Å². The van der Waals surface area contributed by atoms with Crippen LogP contribution in [-0.4, -0.2) is 23.4 Å². The molecule has 2 aromatic rings. The Labute approximate surface area is 145 Å². The normalized spacial score (nSPS) is 11.6. The number of para-hydroxylation sites is 1. The van der Waals surface area contributed by atoms with E-state index in [0.717, 1.165) is 10.4 Å². The average Bonchev–Trinajstić information content (AvgIpc) is 2.92. The molecule has 0 saturated heterocycles. The van der Waals surface area contributed by atoms with E-state index in [4.69, 9.17) is 4.74 Å². The SMILES string of the molecule is CCOc1ccccc1C(CC(=O)Nc1ncc(C)s1)NC(C)=O. The zero-order valence-electron chi connectivity index (χ0n) is 14.0. The number of anilines is 1. The summed E-state index contributed by atoms with van der Waals surface area (Å²) in [6.45, 7) is 5.75. The van der Waals surface area contributed by atoms with Crippen molar-refractivity contribution in [3.63, 3.8) is 0 Å². The number of nitrogens with zero attached hydrogens (tertiary/aromatic N) is 1. The number of hydrogen-bond acceptors (Lipinski definition) is 5. The summed E-state index contributed by atoms with van der Waals surface area (Å²) in [6, 6.07) is 6.93. The summed E-state index contributed by atoms with van der Waals surface area (Å²) < 4.78 is 5.61. The molecule has 0 saturated carbocycles. The summed E-state index contributed by atoms with van der Waals surface area (Å²) in [5.41, 5.74) is 0.778. The van der Waals surface area contributed by atoms with Gasteiger partial charge in [0.25, 0.3) is 0 Å². The minimum atomic E-state index is -0.466. The number of benzene rings is 1.